The third-order valence-electron chi connectivity index (χ3n) is 5.29. The number of phenolic OH excluding ortho intramolecular Hbond substituents is 1. The van der Waals surface area contributed by atoms with E-state index in [1.165, 1.54) is 22.3 Å². The van der Waals surface area contributed by atoms with Gasteiger partial charge in [0.2, 0.25) is 0 Å². The van der Waals surface area contributed by atoms with E-state index in [9.17, 15) is 9.90 Å². The molecule has 3 aromatic rings. The standard InChI is InChI=1S/C25H24N2O3/c26-23-15-17(12-13-24(23)28)7-5-6-14-27-25(29)30-16-22-20-10-3-1-8-18(20)19-9-2-4-11-21(19)22/h1-5,7-13,15,22,28H,6,14,16,26H2,(H,27,29). The molecule has 0 fully saturated rings. The van der Waals surface area contributed by atoms with Crippen LogP contribution in [0.5, 0.6) is 5.75 Å². The summed E-state index contributed by atoms with van der Waals surface area (Å²) in [6.45, 7) is 0.781. The summed E-state index contributed by atoms with van der Waals surface area (Å²) in [5, 5.41) is 12.2. The van der Waals surface area contributed by atoms with E-state index in [2.05, 4.69) is 29.6 Å². The molecule has 0 saturated heterocycles. The van der Waals surface area contributed by atoms with E-state index in [1.807, 2.05) is 36.4 Å². The van der Waals surface area contributed by atoms with E-state index < -0.39 is 6.09 Å². The van der Waals surface area contributed by atoms with Crippen molar-refractivity contribution in [2.75, 3.05) is 18.9 Å². The predicted molar refractivity (Wildman–Crippen MR) is 119 cm³/mol. The summed E-state index contributed by atoms with van der Waals surface area (Å²) >= 11 is 0. The van der Waals surface area contributed by atoms with Crippen LogP contribution in [-0.2, 0) is 4.74 Å². The molecule has 0 aromatic heterocycles. The van der Waals surface area contributed by atoms with Crippen molar-refractivity contribution in [2.45, 2.75) is 12.3 Å². The highest BCUT2D eigenvalue weighted by Gasteiger charge is 2.28. The number of alkyl carbamates (subject to hydrolysis) is 1. The van der Waals surface area contributed by atoms with Crippen LogP contribution in [0.2, 0.25) is 0 Å². The second-order valence-electron chi connectivity index (χ2n) is 7.26. The van der Waals surface area contributed by atoms with Crippen molar-refractivity contribution in [3.8, 4) is 16.9 Å². The topological polar surface area (TPSA) is 84.6 Å². The molecule has 5 nitrogen and oxygen atoms in total. The first-order chi connectivity index (χ1) is 14.6. The Kier molecular flexibility index (Phi) is 5.70. The van der Waals surface area contributed by atoms with Gasteiger partial charge in [-0.25, -0.2) is 4.79 Å². The van der Waals surface area contributed by atoms with Gasteiger partial charge >= 0.3 is 6.09 Å². The van der Waals surface area contributed by atoms with Crippen LogP contribution in [0.1, 0.15) is 29.0 Å². The minimum Gasteiger partial charge on any atom is -0.506 e. The molecule has 0 unspecified atom stereocenters. The lowest BCUT2D eigenvalue weighted by Gasteiger charge is -2.14. The molecule has 0 atom stereocenters. The molecule has 1 aliphatic rings. The number of benzene rings is 3. The van der Waals surface area contributed by atoms with Gasteiger partial charge < -0.3 is 20.9 Å². The fraction of sp³-hybridized carbons (Fsp3) is 0.160. The molecule has 1 amide bonds. The maximum Gasteiger partial charge on any atom is 0.407 e. The number of ether oxygens (including phenoxy) is 1. The Balaban J connectivity index is 1.27. The summed E-state index contributed by atoms with van der Waals surface area (Å²) in [6, 6.07) is 21.6. The molecule has 0 saturated carbocycles. The Morgan fingerprint density at radius 2 is 1.70 bits per heavy atom. The lowest BCUT2D eigenvalue weighted by molar-refractivity contribution is 0.143. The number of nitrogen functional groups attached to an aromatic ring is 1. The minimum atomic E-state index is -0.417. The highest BCUT2D eigenvalue weighted by Crippen LogP contribution is 2.44. The van der Waals surface area contributed by atoms with Gasteiger partial charge in [0.25, 0.3) is 0 Å². The summed E-state index contributed by atoms with van der Waals surface area (Å²) in [4.78, 5) is 12.1. The minimum absolute atomic E-state index is 0.0583. The Hall–Kier alpha value is -3.73. The van der Waals surface area contributed by atoms with Gasteiger partial charge in [0.15, 0.2) is 0 Å². The molecule has 0 aliphatic heterocycles. The van der Waals surface area contributed by atoms with E-state index in [4.69, 9.17) is 10.5 Å². The van der Waals surface area contributed by atoms with Crippen LogP contribution in [-0.4, -0.2) is 24.4 Å². The fourth-order valence-electron chi connectivity index (χ4n) is 3.80. The summed E-state index contributed by atoms with van der Waals surface area (Å²) < 4.78 is 5.51. The van der Waals surface area contributed by atoms with Crippen molar-refractivity contribution in [3.63, 3.8) is 0 Å². The molecule has 0 spiro atoms. The highest BCUT2D eigenvalue weighted by atomic mass is 16.5. The average Bonchev–Trinajstić information content (AvgIpc) is 3.08. The molecule has 4 N–H and O–H groups in total. The van der Waals surface area contributed by atoms with Crippen LogP contribution in [0, 0.1) is 0 Å². The summed E-state index contributed by atoms with van der Waals surface area (Å²) in [5.74, 6) is 0.132. The van der Waals surface area contributed by atoms with Crippen LogP contribution >= 0.6 is 0 Å². The molecular weight excluding hydrogens is 376 g/mol. The summed E-state index contributed by atoms with van der Waals surface area (Å²) in [5.41, 5.74) is 11.7. The monoisotopic (exact) mass is 400 g/mol. The van der Waals surface area contributed by atoms with E-state index >= 15 is 0 Å². The zero-order valence-electron chi connectivity index (χ0n) is 16.5. The van der Waals surface area contributed by atoms with Gasteiger partial charge in [-0.3, -0.25) is 0 Å². The Morgan fingerprint density at radius 1 is 1.03 bits per heavy atom. The number of hydrogen-bond acceptors (Lipinski definition) is 4. The van der Waals surface area contributed by atoms with E-state index in [-0.39, 0.29) is 11.7 Å². The van der Waals surface area contributed by atoms with Crippen molar-refractivity contribution < 1.29 is 14.6 Å². The van der Waals surface area contributed by atoms with Gasteiger partial charge in [-0.2, -0.15) is 0 Å². The van der Waals surface area contributed by atoms with E-state index in [1.54, 1.807) is 18.2 Å². The van der Waals surface area contributed by atoms with Crippen LogP contribution in [0.3, 0.4) is 0 Å². The van der Waals surface area contributed by atoms with E-state index in [0.717, 1.165) is 5.56 Å². The zero-order valence-corrected chi connectivity index (χ0v) is 16.5. The Labute approximate surface area is 175 Å². The lowest BCUT2D eigenvalue weighted by Crippen LogP contribution is -2.26. The van der Waals surface area contributed by atoms with Crippen molar-refractivity contribution in [2.24, 2.45) is 0 Å². The quantitative estimate of drug-likeness (QED) is 0.312. The number of nitrogens with one attached hydrogen (secondary N) is 1. The lowest BCUT2D eigenvalue weighted by atomic mass is 9.98. The van der Waals surface area contributed by atoms with E-state index in [0.29, 0.717) is 25.3 Å². The summed E-state index contributed by atoms with van der Waals surface area (Å²) in [6.07, 6.45) is 4.08. The molecule has 3 aromatic carbocycles. The number of phenols is 1. The number of anilines is 1. The molecule has 152 valence electrons. The maximum absolute atomic E-state index is 12.1. The van der Waals surface area contributed by atoms with Crippen molar-refractivity contribution in [1.82, 2.24) is 5.32 Å². The Morgan fingerprint density at radius 3 is 2.37 bits per heavy atom. The SMILES string of the molecule is Nc1cc(C=CCCNC(=O)OCC2c3ccccc3-c3ccccc32)ccc1O. The number of carbonyl (C=O) groups excluding carboxylic acids is 1. The fourth-order valence-corrected chi connectivity index (χ4v) is 3.80. The van der Waals surface area contributed by atoms with Gasteiger partial charge in [0.05, 0.1) is 5.69 Å². The largest absolute Gasteiger partial charge is 0.506 e. The van der Waals surface area contributed by atoms with Gasteiger partial charge in [0, 0.05) is 12.5 Å². The number of fused-ring (bicyclic) bond motifs is 3. The third kappa shape index (κ3) is 4.15. The first-order valence-corrected chi connectivity index (χ1v) is 9.97. The van der Waals surface area contributed by atoms with Crippen molar-refractivity contribution >= 4 is 17.9 Å². The molecular formula is C25H24N2O3. The zero-order chi connectivity index (χ0) is 20.9. The summed E-state index contributed by atoms with van der Waals surface area (Å²) in [7, 11) is 0. The van der Waals surface area contributed by atoms with Crippen LogP contribution in [0.15, 0.2) is 72.8 Å². The van der Waals surface area contributed by atoms with Crippen molar-refractivity contribution in [3.05, 3.63) is 89.5 Å². The number of hydrogen-bond donors (Lipinski definition) is 3. The van der Waals surface area contributed by atoms with Gasteiger partial charge in [-0.05, 0) is 46.4 Å². The first-order valence-electron chi connectivity index (χ1n) is 9.97. The molecule has 4 rings (SSSR count). The molecule has 5 heteroatoms. The first kappa shape index (κ1) is 19.6. The number of aromatic hydroxyl groups is 1. The molecule has 0 heterocycles. The maximum atomic E-state index is 12.1. The van der Waals surface area contributed by atoms with Crippen LogP contribution in [0.4, 0.5) is 10.5 Å². The highest BCUT2D eigenvalue weighted by molar-refractivity contribution is 5.79. The smallest absolute Gasteiger partial charge is 0.407 e. The predicted octanol–water partition coefficient (Wildman–Crippen LogP) is 4.92. The number of nitrogens with two attached hydrogens (primary N) is 1. The van der Waals surface area contributed by atoms with Gasteiger partial charge in [0.1, 0.15) is 12.4 Å². The molecule has 1 aliphatic carbocycles. The van der Waals surface area contributed by atoms with Crippen LogP contribution < -0.4 is 11.1 Å². The molecule has 0 radical (unpaired) electrons. The molecule has 30 heavy (non-hydrogen) atoms. The van der Waals surface area contributed by atoms with Crippen LogP contribution in [0.25, 0.3) is 17.2 Å². The number of amides is 1. The van der Waals surface area contributed by atoms with Crippen molar-refractivity contribution in [1.29, 1.82) is 0 Å². The second kappa shape index (κ2) is 8.74. The number of carbonyl (C=O) groups is 1. The Bertz CT molecular complexity index is 1050. The number of rotatable bonds is 6. The van der Waals surface area contributed by atoms with Gasteiger partial charge in [-0.1, -0.05) is 66.7 Å². The van der Waals surface area contributed by atoms with Gasteiger partial charge in [-0.15, -0.1) is 0 Å². The normalized spacial score (nSPS) is 12.5. The molecule has 0 bridgehead atoms. The third-order valence-corrected chi connectivity index (χ3v) is 5.29. The average molecular weight is 400 g/mol. The second-order valence-corrected chi connectivity index (χ2v) is 7.26.